The normalized spacial score (nSPS) is 17.4. The molecule has 1 aliphatic rings. The summed E-state index contributed by atoms with van der Waals surface area (Å²) in [7, 11) is 0. The molecule has 2 aromatic carbocycles. The van der Waals surface area contributed by atoms with Gasteiger partial charge < -0.3 is 36.3 Å². The summed E-state index contributed by atoms with van der Waals surface area (Å²) in [6.07, 6.45) is 1.58. The lowest BCUT2D eigenvalue weighted by molar-refractivity contribution is -0.117. The third kappa shape index (κ3) is 9.73. The minimum absolute atomic E-state index is 0.000971. The van der Waals surface area contributed by atoms with Gasteiger partial charge in [-0.1, -0.05) is 38.1 Å². The molecule has 2 heterocycles. The minimum Gasteiger partial charge on any atom is -0.447 e. The first-order valence-corrected chi connectivity index (χ1v) is 15.0. The molecule has 2 amide bonds. The molecule has 248 valence electrons. The second kappa shape index (κ2) is 16.0. The number of aliphatic hydroxyl groups is 1. The molecule has 3 atom stereocenters. The topological polar surface area (TPSA) is 148 Å². The molecule has 10 nitrogen and oxygen atoms in total. The van der Waals surface area contributed by atoms with E-state index in [2.05, 4.69) is 20.9 Å². The molecule has 4 rings (SSSR count). The Bertz CT molecular complexity index is 1410. The quantitative estimate of drug-likeness (QED) is 0.190. The Morgan fingerprint density at radius 2 is 1.65 bits per heavy atom. The number of aliphatic hydroxyl groups excluding tert-OH is 1. The zero-order valence-electron chi connectivity index (χ0n) is 25.8. The van der Waals surface area contributed by atoms with Crippen molar-refractivity contribution in [1.82, 2.24) is 15.6 Å². The van der Waals surface area contributed by atoms with Crippen LogP contribution in [0.25, 0.3) is 0 Å². The SMILES string of the molecule is CC(C)(CO)CNC(=O)OC[C@@H]1CNC[C@@H](CCc2c(F)cncc2NC(=O)C(N)C(c2ccc(F)cc2)c2ccc(F)cc2)O1. The zero-order chi connectivity index (χ0) is 33.3. The van der Waals surface area contributed by atoms with Crippen molar-refractivity contribution in [2.45, 2.75) is 50.9 Å². The molecule has 1 saturated heterocycles. The molecule has 1 unspecified atom stereocenters. The van der Waals surface area contributed by atoms with Gasteiger partial charge in [-0.15, -0.1) is 0 Å². The van der Waals surface area contributed by atoms with E-state index in [0.717, 1.165) is 6.20 Å². The van der Waals surface area contributed by atoms with Crippen molar-refractivity contribution in [3.63, 3.8) is 0 Å². The Hall–Kier alpha value is -4.04. The number of carbonyl (C=O) groups is 2. The van der Waals surface area contributed by atoms with E-state index in [9.17, 15) is 23.5 Å². The number of nitrogens with zero attached hydrogens (tertiary/aromatic N) is 1. The van der Waals surface area contributed by atoms with Gasteiger partial charge in [-0.25, -0.2) is 18.0 Å². The predicted molar refractivity (Wildman–Crippen MR) is 166 cm³/mol. The Morgan fingerprint density at radius 3 is 2.26 bits per heavy atom. The van der Waals surface area contributed by atoms with E-state index in [4.69, 9.17) is 15.2 Å². The lowest BCUT2D eigenvalue weighted by atomic mass is 9.85. The second-order valence-electron chi connectivity index (χ2n) is 12.1. The van der Waals surface area contributed by atoms with Crippen LogP contribution < -0.4 is 21.7 Å². The van der Waals surface area contributed by atoms with E-state index in [1.807, 2.05) is 13.8 Å². The van der Waals surface area contributed by atoms with Gasteiger partial charge in [0.25, 0.3) is 0 Å². The number of benzene rings is 2. The maximum Gasteiger partial charge on any atom is 0.407 e. The number of rotatable bonds is 13. The third-order valence-electron chi connectivity index (χ3n) is 7.77. The van der Waals surface area contributed by atoms with Crippen molar-refractivity contribution in [2.75, 3.05) is 38.2 Å². The second-order valence-corrected chi connectivity index (χ2v) is 12.1. The van der Waals surface area contributed by atoms with Crippen LogP contribution in [0.1, 0.15) is 42.9 Å². The molecular weight excluding hydrogens is 603 g/mol. The summed E-state index contributed by atoms with van der Waals surface area (Å²) in [5, 5.41) is 17.9. The van der Waals surface area contributed by atoms with Crippen molar-refractivity contribution in [2.24, 2.45) is 11.1 Å². The number of ether oxygens (including phenoxy) is 2. The highest BCUT2D eigenvalue weighted by Gasteiger charge is 2.30. The molecule has 0 aliphatic carbocycles. The van der Waals surface area contributed by atoms with E-state index in [1.54, 1.807) is 0 Å². The number of anilines is 1. The highest BCUT2D eigenvalue weighted by Crippen LogP contribution is 2.29. The standard InChI is InChI=1S/C33H40F3N5O5/c1-33(2,19-42)18-40-32(44)45-17-25-14-38-13-24(46-25)11-12-26-27(36)15-39-16-28(26)41-31(43)30(37)29(20-3-7-22(34)8-4-20)21-5-9-23(35)10-6-21/h3-10,15-16,24-25,29-30,38,42H,11-14,17-19,37H2,1-2H3,(H,40,44)(H,41,43)/t24-,25+,30?/m1/s1. The van der Waals surface area contributed by atoms with Crippen molar-refractivity contribution >= 4 is 17.7 Å². The summed E-state index contributed by atoms with van der Waals surface area (Å²) in [6, 6.07) is 9.82. The molecule has 13 heteroatoms. The first kappa shape index (κ1) is 34.8. The Labute approximate surface area is 265 Å². The Morgan fingerprint density at radius 1 is 1.04 bits per heavy atom. The molecular formula is C33H40F3N5O5. The fourth-order valence-corrected chi connectivity index (χ4v) is 5.07. The average molecular weight is 644 g/mol. The van der Waals surface area contributed by atoms with Gasteiger partial charge in [-0.05, 0) is 48.2 Å². The van der Waals surface area contributed by atoms with Gasteiger partial charge in [-0.3, -0.25) is 9.78 Å². The molecule has 0 bridgehead atoms. The van der Waals surface area contributed by atoms with Crippen LogP contribution in [0.2, 0.25) is 0 Å². The highest BCUT2D eigenvalue weighted by molar-refractivity contribution is 5.96. The highest BCUT2D eigenvalue weighted by atomic mass is 19.1. The van der Waals surface area contributed by atoms with Gasteiger partial charge in [0.05, 0.1) is 30.2 Å². The summed E-state index contributed by atoms with van der Waals surface area (Å²) in [5.41, 5.74) is 7.40. The predicted octanol–water partition coefficient (Wildman–Crippen LogP) is 3.63. The number of amides is 2. The fourth-order valence-electron chi connectivity index (χ4n) is 5.07. The minimum atomic E-state index is -1.20. The van der Waals surface area contributed by atoms with Crippen molar-refractivity contribution < 1.29 is 37.3 Å². The van der Waals surface area contributed by atoms with Crippen LogP contribution in [-0.4, -0.2) is 73.2 Å². The largest absolute Gasteiger partial charge is 0.447 e. The maximum atomic E-state index is 15.0. The zero-order valence-corrected chi connectivity index (χ0v) is 25.8. The lowest BCUT2D eigenvalue weighted by Crippen LogP contribution is -2.47. The molecule has 0 saturated carbocycles. The number of halogens is 3. The van der Waals surface area contributed by atoms with Gasteiger partial charge in [0.15, 0.2) is 0 Å². The number of nitrogens with one attached hydrogen (secondary N) is 3. The van der Waals surface area contributed by atoms with Gasteiger partial charge in [0.1, 0.15) is 30.2 Å². The monoisotopic (exact) mass is 643 g/mol. The number of morpholine rings is 1. The summed E-state index contributed by atoms with van der Waals surface area (Å²) in [5.74, 6) is -2.94. The van der Waals surface area contributed by atoms with Crippen LogP contribution in [0.3, 0.4) is 0 Å². The summed E-state index contributed by atoms with van der Waals surface area (Å²) in [6.45, 7) is 4.72. The van der Waals surface area contributed by atoms with E-state index in [1.165, 1.54) is 54.7 Å². The van der Waals surface area contributed by atoms with Gasteiger partial charge in [0.2, 0.25) is 5.91 Å². The lowest BCUT2D eigenvalue weighted by Gasteiger charge is -2.31. The number of hydrogen-bond donors (Lipinski definition) is 5. The van der Waals surface area contributed by atoms with Gasteiger partial charge >= 0.3 is 6.09 Å². The maximum absolute atomic E-state index is 15.0. The van der Waals surface area contributed by atoms with E-state index in [-0.39, 0.29) is 43.5 Å². The molecule has 1 fully saturated rings. The first-order chi connectivity index (χ1) is 22.0. The Balaban J connectivity index is 1.39. The number of alkyl carbamates (subject to hydrolysis) is 1. The van der Waals surface area contributed by atoms with Crippen LogP contribution >= 0.6 is 0 Å². The number of aromatic nitrogens is 1. The Kier molecular flexibility index (Phi) is 12.1. The van der Waals surface area contributed by atoms with Gasteiger partial charge in [-0.2, -0.15) is 0 Å². The van der Waals surface area contributed by atoms with Crippen LogP contribution in [0.4, 0.5) is 23.7 Å². The van der Waals surface area contributed by atoms with E-state index >= 15 is 4.39 Å². The molecule has 0 radical (unpaired) electrons. The third-order valence-corrected chi connectivity index (χ3v) is 7.77. The molecule has 0 spiro atoms. The molecule has 1 aliphatic heterocycles. The van der Waals surface area contributed by atoms with Crippen LogP contribution in [0.5, 0.6) is 0 Å². The molecule has 1 aromatic heterocycles. The number of carbonyl (C=O) groups excluding carboxylic acids is 2. The van der Waals surface area contributed by atoms with Crippen molar-refractivity contribution in [3.05, 3.63) is 95.1 Å². The van der Waals surface area contributed by atoms with E-state index in [0.29, 0.717) is 30.6 Å². The van der Waals surface area contributed by atoms with E-state index < -0.39 is 52.9 Å². The molecule has 3 aromatic rings. The number of pyridine rings is 1. The fraction of sp³-hybridized carbons (Fsp3) is 0.424. The van der Waals surface area contributed by atoms with Gasteiger partial charge in [0, 0.05) is 43.1 Å². The van der Waals surface area contributed by atoms with Crippen LogP contribution in [0, 0.1) is 22.9 Å². The number of nitrogens with two attached hydrogens (primary N) is 1. The van der Waals surface area contributed by atoms with Crippen LogP contribution in [-0.2, 0) is 20.7 Å². The summed E-state index contributed by atoms with van der Waals surface area (Å²) in [4.78, 5) is 29.4. The summed E-state index contributed by atoms with van der Waals surface area (Å²) >= 11 is 0. The van der Waals surface area contributed by atoms with Crippen LogP contribution in [0.15, 0.2) is 60.9 Å². The average Bonchev–Trinajstić information content (AvgIpc) is 3.04. The summed E-state index contributed by atoms with van der Waals surface area (Å²) < 4.78 is 53.7. The van der Waals surface area contributed by atoms with Crippen molar-refractivity contribution in [3.8, 4) is 0 Å². The number of hydrogen-bond acceptors (Lipinski definition) is 8. The van der Waals surface area contributed by atoms with Crippen molar-refractivity contribution in [1.29, 1.82) is 0 Å². The molecule has 46 heavy (non-hydrogen) atoms. The molecule has 6 N–H and O–H groups in total. The smallest absolute Gasteiger partial charge is 0.407 e. The first-order valence-electron chi connectivity index (χ1n) is 15.0.